The first-order valence-electron chi connectivity index (χ1n) is 8.37. The first-order chi connectivity index (χ1) is 10.3. The summed E-state index contributed by atoms with van der Waals surface area (Å²) >= 11 is -1.05. The summed E-state index contributed by atoms with van der Waals surface area (Å²) in [5.41, 5.74) is 3.36. The van der Waals surface area contributed by atoms with Gasteiger partial charge in [0.15, 0.2) is 0 Å². The van der Waals surface area contributed by atoms with Crippen molar-refractivity contribution in [3.63, 3.8) is 0 Å². The predicted molar refractivity (Wildman–Crippen MR) is 93.2 cm³/mol. The molecule has 0 radical (unpaired) electrons. The Morgan fingerprint density at radius 1 is 0.957 bits per heavy atom. The number of ketones is 2. The molecule has 0 bridgehead atoms. The smallest absolute Gasteiger partial charge is 1.00 e. The van der Waals surface area contributed by atoms with Crippen LogP contribution in [0.25, 0.3) is 0 Å². The minimum absolute atomic E-state index is 0. The van der Waals surface area contributed by atoms with Gasteiger partial charge in [-0.15, -0.1) is 0 Å². The molecule has 3 heteroatoms. The van der Waals surface area contributed by atoms with Gasteiger partial charge in [-0.25, -0.2) is 0 Å². The third-order valence-corrected chi connectivity index (χ3v) is 11.7. The van der Waals surface area contributed by atoms with Gasteiger partial charge >= 0.3 is 152 Å². The van der Waals surface area contributed by atoms with Gasteiger partial charge in [-0.1, -0.05) is 0 Å². The fourth-order valence-electron chi connectivity index (χ4n) is 4.07. The summed E-state index contributed by atoms with van der Waals surface area (Å²) in [5, 5.41) is 0. The summed E-state index contributed by atoms with van der Waals surface area (Å²) in [6.45, 7) is 19.2. The minimum atomic E-state index is -1.05. The van der Waals surface area contributed by atoms with Gasteiger partial charge in [0.1, 0.15) is 0 Å². The summed E-state index contributed by atoms with van der Waals surface area (Å²) in [5.74, 6) is -0.336. The standard InChI is InChI=1S/C10H14O2.C10H15.Zr.H/c1-5-10(4)6-9(2,3)7(11)8(10)12;1-7-6-10(4,5)9(3)8(7)2;;/h6H2,1-4H3;1-5H3;;/q;;+1;-1. The van der Waals surface area contributed by atoms with Crippen molar-refractivity contribution in [2.24, 2.45) is 16.2 Å². The molecule has 0 saturated heterocycles. The summed E-state index contributed by atoms with van der Waals surface area (Å²) in [6, 6.07) is 0. The number of carbonyl (C=O) groups excluding carboxylic acids is 2. The SMILES string of the molecule is CC1=C(C)C(C)(C)[C](/[Zr+]=[C](\C)C2(C)CC(C)(C)C(=O)C2=O)=C1C.[H-]. The second kappa shape index (κ2) is 5.55. The molecule has 2 rings (SSSR count). The average Bonchev–Trinajstić information content (AvgIpc) is 2.70. The van der Waals surface area contributed by atoms with Crippen LogP contribution in [0.5, 0.6) is 0 Å². The van der Waals surface area contributed by atoms with Crippen molar-refractivity contribution in [3.8, 4) is 0 Å². The normalized spacial score (nSPS) is 30.4. The maximum absolute atomic E-state index is 12.7. The molecule has 0 aromatic carbocycles. The number of rotatable bonds is 2. The molecular weight excluding hydrogens is 363 g/mol. The third kappa shape index (κ3) is 2.68. The van der Waals surface area contributed by atoms with Gasteiger partial charge in [-0.2, -0.15) is 0 Å². The van der Waals surface area contributed by atoms with E-state index in [0.717, 1.165) is 0 Å². The van der Waals surface area contributed by atoms with E-state index in [2.05, 4.69) is 41.5 Å². The van der Waals surface area contributed by atoms with E-state index in [0.29, 0.717) is 6.42 Å². The first kappa shape index (κ1) is 18.9. The summed E-state index contributed by atoms with van der Waals surface area (Å²) in [4.78, 5) is 25.0. The van der Waals surface area contributed by atoms with E-state index in [1.807, 2.05) is 20.8 Å². The zero-order chi connectivity index (χ0) is 18.0. The molecule has 2 aliphatic carbocycles. The number of Topliss-reactive ketones (excluding diaryl/α,β-unsaturated/α-hetero) is 2. The van der Waals surface area contributed by atoms with E-state index in [-0.39, 0.29) is 18.4 Å². The Morgan fingerprint density at radius 2 is 1.48 bits per heavy atom. The van der Waals surface area contributed by atoms with Crippen LogP contribution in [0.4, 0.5) is 0 Å². The molecule has 0 N–H and O–H groups in total. The van der Waals surface area contributed by atoms with Crippen molar-refractivity contribution in [1.82, 2.24) is 0 Å². The number of allylic oxidation sites excluding steroid dienone is 4. The zero-order valence-electron chi connectivity index (χ0n) is 17.0. The molecule has 1 unspecified atom stereocenters. The molecule has 0 heterocycles. The molecule has 2 aliphatic rings. The van der Waals surface area contributed by atoms with Crippen molar-refractivity contribution in [2.45, 2.75) is 68.7 Å². The van der Waals surface area contributed by atoms with E-state index in [9.17, 15) is 9.59 Å². The van der Waals surface area contributed by atoms with Crippen molar-refractivity contribution < 1.29 is 33.8 Å². The molecule has 126 valence electrons. The quantitative estimate of drug-likeness (QED) is 0.643. The molecule has 1 atom stereocenters. The summed E-state index contributed by atoms with van der Waals surface area (Å²) < 4.78 is 2.87. The van der Waals surface area contributed by atoms with Gasteiger partial charge in [0, 0.05) is 0 Å². The number of carbonyl (C=O) groups is 2. The molecule has 1 saturated carbocycles. The second-order valence-electron chi connectivity index (χ2n) is 8.68. The van der Waals surface area contributed by atoms with E-state index in [1.54, 1.807) is 3.28 Å². The fraction of sp³-hybridized carbons (Fsp3) is 0.650. The molecule has 0 aromatic rings. The van der Waals surface area contributed by atoms with Crippen molar-refractivity contribution in [1.29, 1.82) is 0 Å². The monoisotopic (exact) mass is 392 g/mol. The fourth-order valence-corrected chi connectivity index (χ4v) is 8.32. The molecule has 0 aliphatic heterocycles. The Morgan fingerprint density at radius 3 is 1.83 bits per heavy atom. The van der Waals surface area contributed by atoms with Crippen LogP contribution < -0.4 is 0 Å². The number of hydrogen-bond acceptors (Lipinski definition) is 2. The van der Waals surface area contributed by atoms with E-state index >= 15 is 0 Å². The predicted octanol–water partition coefficient (Wildman–Crippen LogP) is 4.60. The van der Waals surface area contributed by atoms with E-state index in [1.165, 1.54) is 19.9 Å². The third-order valence-electron chi connectivity index (χ3n) is 6.32. The van der Waals surface area contributed by atoms with Crippen LogP contribution in [-0.4, -0.2) is 14.8 Å². The van der Waals surface area contributed by atoms with Crippen molar-refractivity contribution >= 4 is 14.8 Å². The van der Waals surface area contributed by atoms with Gasteiger partial charge in [0.05, 0.1) is 0 Å². The minimum Gasteiger partial charge on any atom is -1.00 e. The Kier molecular flexibility index (Phi) is 4.56. The van der Waals surface area contributed by atoms with Crippen LogP contribution in [0.2, 0.25) is 0 Å². The van der Waals surface area contributed by atoms with Crippen LogP contribution in [0.3, 0.4) is 0 Å². The zero-order valence-corrected chi connectivity index (χ0v) is 18.5. The maximum Gasteiger partial charge on any atom is -1.00 e. The van der Waals surface area contributed by atoms with Crippen LogP contribution in [0.15, 0.2) is 20.0 Å². The van der Waals surface area contributed by atoms with Gasteiger partial charge in [0.25, 0.3) is 0 Å². The molecule has 1 fully saturated rings. The molecule has 0 aromatic heterocycles. The van der Waals surface area contributed by atoms with Crippen molar-refractivity contribution in [3.05, 3.63) is 20.0 Å². The Bertz CT molecular complexity index is 707. The van der Waals surface area contributed by atoms with Crippen LogP contribution >= 0.6 is 0 Å². The largest absolute Gasteiger partial charge is 1.00 e. The topological polar surface area (TPSA) is 34.1 Å². The Balaban J connectivity index is 0.00000288. The first-order valence-corrected chi connectivity index (χ1v) is 10.8. The Labute approximate surface area is 153 Å². The molecule has 0 spiro atoms. The Hall–Kier alpha value is -0.427. The molecule has 2 nitrogen and oxygen atoms in total. The number of hydrogen-bond donors (Lipinski definition) is 0. The van der Waals surface area contributed by atoms with E-state index in [4.69, 9.17) is 0 Å². The van der Waals surface area contributed by atoms with Crippen LogP contribution in [-0.2, 0) is 32.3 Å². The van der Waals surface area contributed by atoms with Gasteiger partial charge in [-0.3, -0.25) is 0 Å². The summed E-state index contributed by atoms with van der Waals surface area (Å²) in [6.07, 6.45) is 0.669. The summed E-state index contributed by atoms with van der Waals surface area (Å²) in [7, 11) is 0. The molecule has 23 heavy (non-hydrogen) atoms. The van der Waals surface area contributed by atoms with E-state index < -0.39 is 33.6 Å². The molecular formula is C20H30O2Zr. The second-order valence-corrected chi connectivity index (χ2v) is 12.4. The average molecular weight is 394 g/mol. The van der Waals surface area contributed by atoms with Gasteiger partial charge in [0.2, 0.25) is 0 Å². The van der Waals surface area contributed by atoms with Crippen LogP contribution in [0.1, 0.15) is 70.2 Å². The van der Waals surface area contributed by atoms with Crippen LogP contribution in [0, 0.1) is 16.2 Å². The van der Waals surface area contributed by atoms with Gasteiger partial charge in [-0.05, 0) is 0 Å². The van der Waals surface area contributed by atoms with Crippen molar-refractivity contribution in [2.75, 3.05) is 0 Å². The molecule has 0 amide bonds. The van der Waals surface area contributed by atoms with Gasteiger partial charge < -0.3 is 1.43 Å². The maximum atomic E-state index is 12.7.